The fourth-order valence-corrected chi connectivity index (χ4v) is 5.43. The van der Waals surface area contributed by atoms with Gasteiger partial charge in [-0.25, -0.2) is 19.2 Å². The molecule has 4 rings (SSSR count). The number of ether oxygens (including phenoxy) is 7. The topological polar surface area (TPSA) is 416 Å². The Morgan fingerprint density at radius 1 is 0.347 bits per heavy atom. The fraction of sp³-hybridized carbons (Fsp3) is 0.833. The van der Waals surface area contributed by atoms with E-state index < -0.39 is 147 Å². The molecule has 0 aromatic heterocycles. The summed E-state index contributed by atoms with van der Waals surface area (Å²) >= 11 is 0. The molecule has 0 saturated carbocycles. The number of carbonyl (C=O) groups is 4. The van der Waals surface area contributed by atoms with Crippen LogP contribution in [0.1, 0.15) is 0 Å². The third kappa shape index (κ3) is 7.62. The van der Waals surface area contributed by atoms with E-state index in [1.807, 2.05) is 0 Å². The summed E-state index contributed by atoms with van der Waals surface area (Å²) in [7, 11) is 0. The molecule has 1 unspecified atom stereocenters. The lowest BCUT2D eigenvalue weighted by Crippen LogP contribution is -2.68. The van der Waals surface area contributed by atoms with Gasteiger partial charge in [-0.1, -0.05) is 0 Å². The zero-order valence-corrected chi connectivity index (χ0v) is 24.3. The smallest absolute Gasteiger partial charge is 0.335 e. The summed E-state index contributed by atoms with van der Waals surface area (Å²) in [5.41, 5.74) is 0. The van der Waals surface area contributed by atoms with E-state index in [1.54, 1.807) is 0 Å². The molecular formula is C24H34O25. The summed E-state index contributed by atoms with van der Waals surface area (Å²) in [6, 6.07) is 0. The first-order valence-electron chi connectivity index (χ1n) is 14.1. The zero-order valence-electron chi connectivity index (χ0n) is 24.3. The molecule has 4 fully saturated rings. The lowest BCUT2D eigenvalue weighted by Gasteiger charge is -2.47. The Morgan fingerprint density at radius 3 is 0.980 bits per heavy atom. The van der Waals surface area contributed by atoms with Crippen LogP contribution < -0.4 is 0 Å². The molecule has 4 heterocycles. The number of carboxylic acids is 4. The SMILES string of the molecule is O=C(O)[C@H]1O[C@@H](O[C@H]2[C@H](O)[C@@H](O)[C@H](O[C@H]3[C@H](O)[C@@H](O)[C@H](O[C@H]4[C@H](O)[C@@H](O)C(O)O[C@@H]4C(=O)O)O[C@@H]3C(=O)O)O[C@@H]2C(=O)O)[C@H](O)[C@@H](O)[C@@H]1O. The first-order chi connectivity index (χ1) is 22.8. The van der Waals surface area contributed by atoms with Gasteiger partial charge in [0.25, 0.3) is 0 Å². The molecule has 0 aliphatic carbocycles. The Kier molecular flexibility index (Phi) is 12.1. The van der Waals surface area contributed by atoms with Gasteiger partial charge in [-0.15, -0.1) is 0 Å². The molecule has 20 atom stereocenters. The lowest BCUT2D eigenvalue weighted by molar-refractivity contribution is -0.378. The molecular weight excluding hydrogens is 688 g/mol. The molecule has 0 aromatic rings. The van der Waals surface area contributed by atoms with Gasteiger partial charge in [-0.05, 0) is 0 Å². The second kappa shape index (κ2) is 15.2. The minimum Gasteiger partial charge on any atom is -0.479 e. The average molecular weight is 723 g/mol. The van der Waals surface area contributed by atoms with Crippen LogP contribution >= 0.6 is 0 Å². The highest BCUT2D eigenvalue weighted by Gasteiger charge is 2.58. The molecule has 280 valence electrons. The first kappa shape index (κ1) is 39.0. The normalized spacial score (nSPS) is 49.2. The quantitative estimate of drug-likeness (QED) is 0.0995. The Bertz CT molecular complexity index is 1220. The molecule has 0 spiro atoms. The van der Waals surface area contributed by atoms with Crippen LogP contribution in [0.15, 0.2) is 0 Å². The standard InChI is InChI=1S/C24H34O25/c25-1-2(26)13(17(34)35)47-22(7(1)31)45-11-4(28)9(33)24(49-15(11)19(38)39)46-12-5(29)8(32)23(48-16(12)20(40)41)44-10-3(27)6(30)21(42)43-14(10)18(36)37/h1-16,21-33,42H,(H,34,35)(H,36,37)(H,38,39)(H,40,41)/t1-,2-,3+,4+,5+,6+,7+,8+,9+,10-,11-,12-,13-,14-,15-,16-,21?,22+,23+,24+/m0/s1. The summed E-state index contributed by atoms with van der Waals surface area (Å²) in [6.45, 7) is 0. The lowest BCUT2D eigenvalue weighted by atomic mass is 9.95. The highest BCUT2D eigenvalue weighted by Crippen LogP contribution is 2.34. The molecule has 4 aliphatic heterocycles. The van der Waals surface area contributed by atoms with Crippen molar-refractivity contribution >= 4 is 23.9 Å². The van der Waals surface area contributed by atoms with Gasteiger partial charge in [-0.2, -0.15) is 0 Å². The number of aliphatic hydroxyl groups excluding tert-OH is 10. The maximum absolute atomic E-state index is 12.1. The third-order valence-corrected chi connectivity index (χ3v) is 8.07. The van der Waals surface area contributed by atoms with Crippen molar-refractivity contribution in [1.82, 2.24) is 0 Å². The second-order valence-corrected chi connectivity index (χ2v) is 11.3. The Balaban J connectivity index is 1.51. The van der Waals surface area contributed by atoms with Crippen molar-refractivity contribution in [3.8, 4) is 0 Å². The Hall–Kier alpha value is -2.80. The average Bonchev–Trinajstić information content (AvgIpc) is 3.03. The molecule has 49 heavy (non-hydrogen) atoms. The number of hydrogen-bond acceptors (Lipinski definition) is 21. The Morgan fingerprint density at radius 2 is 0.633 bits per heavy atom. The maximum Gasteiger partial charge on any atom is 0.335 e. The predicted octanol–water partition coefficient (Wildman–Crippen LogP) is -9.38. The van der Waals surface area contributed by atoms with Crippen molar-refractivity contribution in [3.05, 3.63) is 0 Å². The van der Waals surface area contributed by atoms with Gasteiger partial charge in [-0.3, -0.25) is 0 Å². The Labute approximate surface area is 271 Å². The molecule has 0 amide bonds. The molecule has 0 aromatic carbocycles. The molecule has 4 saturated heterocycles. The van der Waals surface area contributed by atoms with E-state index in [4.69, 9.17) is 28.4 Å². The largest absolute Gasteiger partial charge is 0.479 e. The molecule has 0 bridgehead atoms. The van der Waals surface area contributed by atoms with Crippen molar-refractivity contribution in [1.29, 1.82) is 0 Å². The zero-order chi connectivity index (χ0) is 36.8. The van der Waals surface area contributed by atoms with E-state index >= 15 is 0 Å². The minimum atomic E-state index is -2.43. The van der Waals surface area contributed by atoms with Crippen LogP contribution in [-0.4, -0.2) is 218 Å². The first-order valence-corrected chi connectivity index (χ1v) is 14.1. The van der Waals surface area contributed by atoms with Crippen LogP contribution in [0.2, 0.25) is 0 Å². The van der Waals surface area contributed by atoms with Gasteiger partial charge in [0.2, 0.25) is 0 Å². The van der Waals surface area contributed by atoms with Crippen LogP contribution in [0.25, 0.3) is 0 Å². The highest BCUT2D eigenvalue weighted by molar-refractivity contribution is 5.75. The van der Waals surface area contributed by atoms with E-state index in [-0.39, 0.29) is 0 Å². The summed E-state index contributed by atoms with van der Waals surface area (Å²) in [5, 5.41) is 141. The molecule has 14 N–H and O–H groups in total. The van der Waals surface area contributed by atoms with Crippen molar-refractivity contribution in [2.24, 2.45) is 0 Å². The van der Waals surface area contributed by atoms with Gasteiger partial charge in [0, 0.05) is 0 Å². The van der Waals surface area contributed by atoms with Crippen molar-refractivity contribution in [2.45, 2.75) is 123 Å². The summed E-state index contributed by atoms with van der Waals surface area (Å²) in [6.07, 6.45) is -45.8. The van der Waals surface area contributed by atoms with Crippen molar-refractivity contribution in [2.75, 3.05) is 0 Å². The van der Waals surface area contributed by atoms with Gasteiger partial charge in [0.1, 0.15) is 73.2 Å². The van der Waals surface area contributed by atoms with E-state index in [0.717, 1.165) is 0 Å². The minimum absolute atomic E-state index is 1.84. The molecule has 4 aliphatic rings. The van der Waals surface area contributed by atoms with Crippen molar-refractivity contribution < 1.29 is 124 Å². The number of aliphatic carboxylic acids is 4. The van der Waals surface area contributed by atoms with Crippen LogP contribution in [0, 0.1) is 0 Å². The number of aliphatic hydroxyl groups is 10. The number of rotatable bonds is 10. The number of carboxylic acid groups (broad SMARTS) is 4. The highest BCUT2D eigenvalue weighted by atomic mass is 16.8. The van der Waals surface area contributed by atoms with E-state index in [1.165, 1.54) is 0 Å². The summed E-state index contributed by atoms with van der Waals surface area (Å²) in [4.78, 5) is 47.1. The third-order valence-electron chi connectivity index (χ3n) is 8.07. The van der Waals surface area contributed by atoms with Crippen LogP contribution in [0.4, 0.5) is 0 Å². The van der Waals surface area contributed by atoms with Gasteiger partial charge >= 0.3 is 23.9 Å². The van der Waals surface area contributed by atoms with E-state index in [9.17, 15) is 90.7 Å². The monoisotopic (exact) mass is 722 g/mol. The van der Waals surface area contributed by atoms with Crippen LogP contribution in [0.3, 0.4) is 0 Å². The van der Waals surface area contributed by atoms with Crippen LogP contribution in [0.5, 0.6) is 0 Å². The van der Waals surface area contributed by atoms with E-state index in [2.05, 4.69) is 4.74 Å². The summed E-state index contributed by atoms with van der Waals surface area (Å²) in [5.74, 6) is -7.64. The number of hydrogen-bond donors (Lipinski definition) is 14. The van der Waals surface area contributed by atoms with Gasteiger partial charge < -0.3 is 105 Å². The maximum atomic E-state index is 12.1. The van der Waals surface area contributed by atoms with Gasteiger partial charge in [0.05, 0.1) is 0 Å². The predicted molar refractivity (Wildman–Crippen MR) is 136 cm³/mol. The molecule has 0 radical (unpaired) electrons. The molecule has 25 heteroatoms. The van der Waals surface area contributed by atoms with Gasteiger partial charge in [0.15, 0.2) is 49.6 Å². The summed E-state index contributed by atoms with van der Waals surface area (Å²) < 4.78 is 35.3. The molecule has 25 nitrogen and oxygen atoms in total. The van der Waals surface area contributed by atoms with Crippen molar-refractivity contribution in [3.63, 3.8) is 0 Å². The second-order valence-electron chi connectivity index (χ2n) is 11.3. The van der Waals surface area contributed by atoms with E-state index in [0.29, 0.717) is 0 Å². The fourth-order valence-electron chi connectivity index (χ4n) is 5.43. The van der Waals surface area contributed by atoms with Crippen LogP contribution in [-0.2, 0) is 52.3 Å².